The van der Waals surface area contributed by atoms with Crippen LogP contribution in [0.2, 0.25) is 0 Å². The Morgan fingerprint density at radius 2 is 2.06 bits per heavy atom. The number of nitrogens with one attached hydrogen (secondary N) is 1. The molecule has 3 nitrogen and oxygen atoms in total. The highest BCUT2D eigenvalue weighted by Gasteiger charge is 2.32. The van der Waals surface area contributed by atoms with Crippen LogP contribution in [0.3, 0.4) is 0 Å². The molecule has 0 heterocycles. The van der Waals surface area contributed by atoms with Crippen molar-refractivity contribution in [1.82, 2.24) is 5.32 Å². The van der Waals surface area contributed by atoms with Gasteiger partial charge in [-0.25, -0.2) is 0 Å². The van der Waals surface area contributed by atoms with Gasteiger partial charge in [0.05, 0.1) is 11.7 Å². The van der Waals surface area contributed by atoms with Crippen LogP contribution in [-0.4, -0.2) is 23.7 Å². The minimum absolute atomic E-state index is 0.00589. The summed E-state index contributed by atoms with van der Waals surface area (Å²) in [5.41, 5.74) is -0.838. The molecule has 2 N–H and O–H groups in total. The molecule has 0 aliphatic carbocycles. The molecule has 1 aromatic carbocycles. The van der Waals surface area contributed by atoms with E-state index < -0.39 is 23.8 Å². The normalized spacial score (nSPS) is 13.2. The first-order chi connectivity index (χ1) is 8.21. The predicted molar refractivity (Wildman–Crippen MR) is 60.2 cm³/mol. The molecule has 0 spiro atoms. The lowest BCUT2D eigenvalue weighted by molar-refractivity contribution is -0.138. The predicted octanol–water partition coefficient (Wildman–Crippen LogP) is 2.12. The summed E-state index contributed by atoms with van der Waals surface area (Å²) >= 11 is 0. The fourth-order valence-corrected chi connectivity index (χ4v) is 1.41. The Bertz CT molecular complexity index is 441. The number of alkyl halides is 3. The Kier molecular flexibility index (Phi) is 4.34. The van der Waals surface area contributed by atoms with Crippen LogP contribution in [0.15, 0.2) is 18.2 Å². The molecule has 18 heavy (non-hydrogen) atoms. The molecule has 0 bridgehead atoms. The molecule has 0 aromatic heterocycles. The minimum Gasteiger partial charge on any atom is -0.392 e. The van der Waals surface area contributed by atoms with E-state index >= 15 is 0 Å². The van der Waals surface area contributed by atoms with Crippen molar-refractivity contribution in [3.05, 3.63) is 34.9 Å². The first-order valence-corrected chi connectivity index (χ1v) is 5.36. The van der Waals surface area contributed by atoms with Gasteiger partial charge in [-0.15, -0.1) is 0 Å². The summed E-state index contributed by atoms with van der Waals surface area (Å²) < 4.78 is 37.9. The van der Waals surface area contributed by atoms with Crippen molar-refractivity contribution >= 4 is 5.91 Å². The summed E-state index contributed by atoms with van der Waals surface area (Å²) in [5, 5.41) is 11.3. The summed E-state index contributed by atoms with van der Waals surface area (Å²) in [7, 11) is 0. The lowest BCUT2D eigenvalue weighted by Gasteiger charge is -2.12. The molecule has 6 heteroatoms. The Morgan fingerprint density at radius 1 is 1.44 bits per heavy atom. The fraction of sp³-hybridized carbons (Fsp3) is 0.417. The highest BCUT2D eigenvalue weighted by atomic mass is 19.4. The molecule has 1 unspecified atom stereocenters. The average Bonchev–Trinajstić information content (AvgIpc) is 2.24. The molecule has 0 aliphatic rings. The van der Waals surface area contributed by atoms with E-state index in [2.05, 4.69) is 5.32 Å². The maximum Gasteiger partial charge on any atom is 0.416 e. The van der Waals surface area contributed by atoms with Crippen LogP contribution in [0.5, 0.6) is 0 Å². The number of hydrogen-bond acceptors (Lipinski definition) is 2. The number of benzene rings is 1. The van der Waals surface area contributed by atoms with Gasteiger partial charge in [-0.05, 0) is 31.5 Å². The molecule has 0 saturated carbocycles. The van der Waals surface area contributed by atoms with E-state index in [4.69, 9.17) is 5.11 Å². The van der Waals surface area contributed by atoms with E-state index in [0.29, 0.717) is 0 Å². The molecule has 1 aromatic rings. The molecule has 0 saturated heterocycles. The summed E-state index contributed by atoms with van der Waals surface area (Å²) in [6.45, 7) is 2.80. The van der Waals surface area contributed by atoms with Gasteiger partial charge in [0.25, 0.3) is 5.91 Å². The van der Waals surface area contributed by atoms with E-state index in [0.717, 1.165) is 6.07 Å². The van der Waals surface area contributed by atoms with Crippen LogP contribution in [0, 0.1) is 6.92 Å². The number of aryl methyl sites for hydroxylation is 1. The zero-order chi connectivity index (χ0) is 13.9. The van der Waals surface area contributed by atoms with Gasteiger partial charge in [0.2, 0.25) is 0 Å². The Morgan fingerprint density at radius 3 is 2.56 bits per heavy atom. The Hall–Kier alpha value is -1.56. The quantitative estimate of drug-likeness (QED) is 0.875. The molecule has 1 atom stereocenters. The van der Waals surface area contributed by atoms with Gasteiger partial charge in [0.15, 0.2) is 0 Å². The molecular weight excluding hydrogens is 247 g/mol. The van der Waals surface area contributed by atoms with Crippen LogP contribution in [0.4, 0.5) is 13.2 Å². The summed E-state index contributed by atoms with van der Waals surface area (Å²) in [6.07, 6.45) is -5.23. The second-order valence-corrected chi connectivity index (χ2v) is 4.09. The van der Waals surface area contributed by atoms with E-state index in [-0.39, 0.29) is 17.7 Å². The number of rotatable bonds is 3. The summed E-state index contributed by atoms with van der Waals surface area (Å²) in [4.78, 5) is 11.6. The molecule has 0 fully saturated rings. The number of carbonyl (C=O) groups is 1. The molecular formula is C12H14F3NO2. The van der Waals surface area contributed by atoms with Gasteiger partial charge in [-0.1, -0.05) is 6.07 Å². The lowest BCUT2D eigenvalue weighted by Crippen LogP contribution is -2.30. The molecule has 1 rings (SSSR count). The Balaban J connectivity index is 2.95. The summed E-state index contributed by atoms with van der Waals surface area (Å²) in [6, 6.07) is 3.38. The molecule has 0 aliphatic heterocycles. The minimum atomic E-state index is -4.48. The van der Waals surface area contributed by atoms with Crippen LogP contribution in [0.1, 0.15) is 28.4 Å². The third-order valence-electron chi connectivity index (χ3n) is 2.36. The maximum atomic E-state index is 12.6. The Labute approximate surface area is 103 Å². The monoisotopic (exact) mass is 261 g/mol. The third-order valence-corrected chi connectivity index (χ3v) is 2.36. The molecule has 100 valence electrons. The second kappa shape index (κ2) is 5.39. The van der Waals surface area contributed by atoms with Crippen molar-refractivity contribution < 1.29 is 23.1 Å². The lowest BCUT2D eigenvalue weighted by atomic mass is 10.0. The number of halogens is 3. The van der Waals surface area contributed by atoms with Crippen molar-refractivity contribution in [2.24, 2.45) is 0 Å². The van der Waals surface area contributed by atoms with Crippen LogP contribution in [0.25, 0.3) is 0 Å². The first kappa shape index (κ1) is 14.5. The highest BCUT2D eigenvalue weighted by Crippen LogP contribution is 2.32. The van der Waals surface area contributed by atoms with Crippen molar-refractivity contribution in [3.8, 4) is 0 Å². The van der Waals surface area contributed by atoms with E-state index in [1.807, 2.05) is 0 Å². The van der Waals surface area contributed by atoms with Gasteiger partial charge >= 0.3 is 6.18 Å². The van der Waals surface area contributed by atoms with Crippen LogP contribution >= 0.6 is 0 Å². The topological polar surface area (TPSA) is 49.3 Å². The van der Waals surface area contributed by atoms with E-state index in [1.54, 1.807) is 0 Å². The average molecular weight is 261 g/mol. The molecule has 0 radical (unpaired) electrons. The molecule has 1 amide bonds. The van der Waals surface area contributed by atoms with Crippen molar-refractivity contribution in [1.29, 1.82) is 0 Å². The smallest absolute Gasteiger partial charge is 0.392 e. The van der Waals surface area contributed by atoms with Gasteiger partial charge < -0.3 is 10.4 Å². The largest absolute Gasteiger partial charge is 0.416 e. The van der Waals surface area contributed by atoms with Gasteiger partial charge in [0.1, 0.15) is 0 Å². The number of aliphatic hydroxyl groups is 1. The zero-order valence-electron chi connectivity index (χ0n) is 10.0. The van der Waals surface area contributed by atoms with Crippen LogP contribution < -0.4 is 5.32 Å². The van der Waals surface area contributed by atoms with Gasteiger partial charge in [-0.3, -0.25) is 4.79 Å². The number of amides is 1. The SMILES string of the molecule is Cc1ccc(C(=O)NCC(C)O)cc1C(F)(F)F. The van der Waals surface area contributed by atoms with Gasteiger partial charge in [0, 0.05) is 12.1 Å². The second-order valence-electron chi connectivity index (χ2n) is 4.09. The van der Waals surface area contributed by atoms with Crippen LogP contribution in [-0.2, 0) is 6.18 Å². The fourth-order valence-electron chi connectivity index (χ4n) is 1.41. The number of aliphatic hydroxyl groups excluding tert-OH is 1. The maximum absolute atomic E-state index is 12.6. The summed E-state index contributed by atoms with van der Waals surface area (Å²) in [5.74, 6) is -0.638. The first-order valence-electron chi connectivity index (χ1n) is 5.36. The number of carbonyl (C=O) groups excluding carboxylic acids is 1. The van der Waals surface area contributed by atoms with Crippen molar-refractivity contribution in [2.45, 2.75) is 26.1 Å². The standard InChI is InChI=1S/C12H14F3NO2/c1-7-3-4-9(5-10(7)12(13,14)15)11(18)16-6-8(2)17/h3-5,8,17H,6H2,1-2H3,(H,16,18). The van der Waals surface area contributed by atoms with E-state index in [1.165, 1.54) is 26.0 Å². The number of hydrogen-bond donors (Lipinski definition) is 2. The van der Waals surface area contributed by atoms with Gasteiger partial charge in [-0.2, -0.15) is 13.2 Å². The third kappa shape index (κ3) is 3.73. The highest BCUT2D eigenvalue weighted by molar-refractivity contribution is 5.94. The van der Waals surface area contributed by atoms with Crippen molar-refractivity contribution in [3.63, 3.8) is 0 Å². The van der Waals surface area contributed by atoms with Crippen molar-refractivity contribution in [2.75, 3.05) is 6.54 Å². The van der Waals surface area contributed by atoms with E-state index in [9.17, 15) is 18.0 Å². The zero-order valence-corrected chi connectivity index (χ0v) is 10.0.